The fourth-order valence-corrected chi connectivity index (χ4v) is 2.60. The molecule has 1 aliphatic heterocycles. The van der Waals surface area contributed by atoms with Crippen molar-refractivity contribution >= 4 is 10.0 Å². The van der Waals surface area contributed by atoms with E-state index < -0.39 is 10.0 Å². The van der Waals surface area contributed by atoms with Crippen LogP contribution in [0.3, 0.4) is 0 Å². The zero-order valence-corrected chi connectivity index (χ0v) is 10.9. The highest BCUT2D eigenvalue weighted by Gasteiger charge is 2.10. The molecule has 0 aliphatic carbocycles. The molecule has 0 radical (unpaired) electrons. The second-order valence-electron chi connectivity index (χ2n) is 4.45. The third-order valence-corrected chi connectivity index (χ3v) is 4.03. The van der Waals surface area contributed by atoms with Crippen molar-refractivity contribution in [1.82, 2.24) is 14.2 Å². The Morgan fingerprint density at radius 3 is 2.65 bits per heavy atom. The number of hydrogen-bond donors (Lipinski definition) is 1. The van der Waals surface area contributed by atoms with Gasteiger partial charge in [-0.15, -0.1) is 0 Å². The Kier molecular flexibility index (Phi) is 3.86. The van der Waals surface area contributed by atoms with Gasteiger partial charge in [0.1, 0.15) is 0 Å². The van der Waals surface area contributed by atoms with Gasteiger partial charge in [0.15, 0.2) is 0 Å². The molecule has 0 bridgehead atoms. The summed E-state index contributed by atoms with van der Waals surface area (Å²) < 4.78 is 23.9. The Bertz CT molecular complexity index is 461. The number of hydrogen-bond acceptors (Lipinski definition) is 4. The van der Waals surface area contributed by atoms with E-state index in [1.807, 2.05) is 6.07 Å². The topological polar surface area (TPSA) is 54.3 Å². The molecule has 0 saturated carbocycles. The molecule has 1 aromatic rings. The van der Waals surface area contributed by atoms with E-state index in [9.17, 15) is 8.42 Å². The van der Waals surface area contributed by atoms with Crippen LogP contribution in [0.25, 0.3) is 0 Å². The van der Waals surface area contributed by atoms with E-state index in [0.29, 0.717) is 0 Å². The first-order valence-corrected chi connectivity index (χ1v) is 7.71. The molecule has 2 heterocycles. The van der Waals surface area contributed by atoms with Crippen molar-refractivity contribution in [2.75, 3.05) is 39.0 Å². The summed E-state index contributed by atoms with van der Waals surface area (Å²) in [6.45, 7) is 5.24. The molecule has 5 nitrogen and oxygen atoms in total. The average molecular weight is 257 g/mol. The van der Waals surface area contributed by atoms with Gasteiger partial charge in [0, 0.05) is 45.1 Å². The van der Waals surface area contributed by atoms with Crippen LogP contribution in [0.2, 0.25) is 0 Å². The number of nitrogens with zero attached hydrogens (tertiary/aromatic N) is 2. The van der Waals surface area contributed by atoms with Gasteiger partial charge in [-0.1, -0.05) is 0 Å². The third-order valence-electron chi connectivity index (χ3n) is 3.04. The van der Waals surface area contributed by atoms with Crippen molar-refractivity contribution in [3.05, 3.63) is 24.0 Å². The molecule has 1 fully saturated rings. The van der Waals surface area contributed by atoms with Gasteiger partial charge < -0.3 is 10.2 Å². The van der Waals surface area contributed by atoms with Crippen LogP contribution < -0.4 is 5.32 Å². The predicted octanol–water partition coefficient (Wildman–Crippen LogP) is -0.256. The predicted molar refractivity (Wildman–Crippen MR) is 67.7 cm³/mol. The van der Waals surface area contributed by atoms with Crippen molar-refractivity contribution in [3.8, 4) is 0 Å². The number of piperazine rings is 1. The first-order valence-electron chi connectivity index (χ1n) is 5.86. The minimum absolute atomic E-state index is 0.905. The van der Waals surface area contributed by atoms with E-state index in [1.165, 1.54) is 10.2 Å². The maximum absolute atomic E-state index is 11.3. The van der Waals surface area contributed by atoms with Crippen LogP contribution in [-0.2, 0) is 16.4 Å². The first-order chi connectivity index (χ1) is 8.05. The Balaban J connectivity index is 1.89. The maximum atomic E-state index is 11.3. The smallest absolute Gasteiger partial charge is 0.235 e. The number of nitrogens with one attached hydrogen (secondary N) is 1. The molecule has 1 aliphatic rings. The molecule has 1 saturated heterocycles. The second-order valence-corrected chi connectivity index (χ2v) is 6.34. The molecule has 1 aromatic heterocycles. The fraction of sp³-hybridized carbons (Fsp3) is 0.636. The molecular formula is C11H19N3O2S. The van der Waals surface area contributed by atoms with Gasteiger partial charge in [0.2, 0.25) is 10.0 Å². The lowest BCUT2D eigenvalue weighted by Crippen LogP contribution is -2.44. The Hall–Kier alpha value is -0.850. The highest BCUT2D eigenvalue weighted by molar-refractivity contribution is 7.89. The monoisotopic (exact) mass is 257 g/mol. The SMILES string of the molecule is CS(=O)(=O)n1ccc(CCN2CCNCC2)c1. The maximum Gasteiger partial charge on any atom is 0.235 e. The molecule has 0 unspecified atom stereocenters. The van der Waals surface area contributed by atoms with Gasteiger partial charge in [-0.25, -0.2) is 8.42 Å². The second kappa shape index (κ2) is 5.20. The highest BCUT2D eigenvalue weighted by atomic mass is 32.2. The molecule has 0 aromatic carbocycles. The third kappa shape index (κ3) is 3.55. The van der Waals surface area contributed by atoms with Crippen LogP contribution in [0.4, 0.5) is 0 Å². The molecule has 0 amide bonds. The lowest BCUT2D eigenvalue weighted by molar-refractivity contribution is 0.244. The molecule has 0 spiro atoms. The van der Waals surface area contributed by atoms with Crippen LogP contribution in [0.1, 0.15) is 5.56 Å². The van der Waals surface area contributed by atoms with Gasteiger partial charge in [0.25, 0.3) is 0 Å². The summed E-state index contributed by atoms with van der Waals surface area (Å²) in [4.78, 5) is 2.40. The summed E-state index contributed by atoms with van der Waals surface area (Å²) in [6, 6.07) is 1.88. The van der Waals surface area contributed by atoms with E-state index in [2.05, 4.69) is 10.2 Å². The Morgan fingerprint density at radius 2 is 2.06 bits per heavy atom. The minimum atomic E-state index is -3.13. The largest absolute Gasteiger partial charge is 0.314 e. The fourth-order valence-electron chi connectivity index (χ4n) is 1.99. The Morgan fingerprint density at radius 1 is 1.35 bits per heavy atom. The van der Waals surface area contributed by atoms with Crippen LogP contribution in [0, 0.1) is 0 Å². The molecule has 1 N–H and O–H groups in total. The lowest BCUT2D eigenvalue weighted by atomic mass is 10.2. The van der Waals surface area contributed by atoms with E-state index in [1.54, 1.807) is 12.4 Å². The zero-order valence-electron chi connectivity index (χ0n) is 10.1. The first kappa shape index (κ1) is 12.6. The summed E-state index contributed by atoms with van der Waals surface area (Å²) in [7, 11) is -3.13. The molecule has 0 atom stereocenters. The van der Waals surface area contributed by atoms with E-state index in [4.69, 9.17) is 0 Å². The molecule has 96 valence electrons. The van der Waals surface area contributed by atoms with E-state index in [-0.39, 0.29) is 0 Å². The van der Waals surface area contributed by atoms with Crippen molar-refractivity contribution in [3.63, 3.8) is 0 Å². The van der Waals surface area contributed by atoms with Gasteiger partial charge in [-0.05, 0) is 18.1 Å². The lowest BCUT2D eigenvalue weighted by Gasteiger charge is -2.26. The van der Waals surface area contributed by atoms with Crippen LogP contribution in [-0.4, -0.2) is 56.3 Å². The minimum Gasteiger partial charge on any atom is -0.314 e. The van der Waals surface area contributed by atoms with Crippen LogP contribution in [0.5, 0.6) is 0 Å². The van der Waals surface area contributed by atoms with Crippen LogP contribution in [0.15, 0.2) is 18.5 Å². The normalized spacial score (nSPS) is 18.4. The van der Waals surface area contributed by atoms with Crippen molar-refractivity contribution < 1.29 is 8.42 Å². The molecule has 6 heteroatoms. The summed E-state index contributed by atoms with van der Waals surface area (Å²) in [5, 5.41) is 3.31. The zero-order chi connectivity index (χ0) is 12.3. The molecular weight excluding hydrogens is 238 g/mol. The summed E-state index contributed by atoms with van der Waals surface area (Å²) >= 11 is 0. The average Bonchev–Trinajstić information content (AvgIpc) is 2.76. The summed E-state index contributed by atoms with van der Waals surface area (Å²) in [5.41, 5.74) is 1.08. The highest BCUT2D eigenvalue weighted by Crippen LogP contribution is 2.06. The van der Waals surface area contributed by atoms with Crippen molar-refractivity contribution in [2.24, 2.45) is 0 Å². The van der Waals surface area contributed by atoms with Gasteiger partial charge in [-0.3, -0.25) is 3.97 Å². The van der Waals surface area contributed by atoms with Crippen molar-refractivity contribution in [2.45, 2.75) is 6.42 Å². The van der Waals surface area contributed by atoms with E-state index in [0.717, 1.165) is 44.7 Å². The Labute approximate surface area is 102 Å². The molecule has 2 rings (SSSR count). The number of aromatic nitrogens is 1. The number of rotatable bonds is 4. The quantitative estimate of drug-likeness (QED) is 0.808. The summed E-state index contributed by atoms with van der Waals surface area (Å²) in [5.74, 6) is 0. The van der Waals surface area contributed by atoms with Gasteiger partial charge in [0.05, 0.1) is 6.26 Å². The van der Waals surface area contributed by atoms with Gasteiger partial charge >= 0.3 is 0 Å². The van der Waals surface area contributed by atoms with E-state index >= 15 is 0 Å². The van der Waals surface area contributed by atoms with Crippen molar-refractivity contribution in [1.29, 1.82) is 0 Å². The molecule has 17 heavy (non-hydrogen) atoms. The van der Waals surface area contributed by atoms with Crippen LogP contribution >= 0.6 is 0 Å². The van der Waals surface area contributed by atoms with Gasteiger partial charge in [-0.2, -0.15) is 0 Å². The standard InChI is InChI=1S/C11H19N3O2S/c1-17(15,16)14-7-3-11(10-14)2-6-13-8-4-12-5-9-13/h3,7,10,12H,2,4-6,8-9H2,1H3. The summed E-state index contributed by atoms with van der Waals surface area (Å²) in [6.07, 6.45) is 5.44.